The van der Waals surface area contributed by atoms with Gasteiger partial charge in [0, 0.05) is 0 Å². The van der Waals surface area contributed by atoms with Gasteiger partial charge in [0.1, 0.15) is 12.0 Å². The number of alkyl halides is 1. The van der Waals surface area contributed by atoms with Crippen LogP contribution in [0.4, 0.5) is 0 Å². The van der Waals surface area contributed by atoms with Crippen molar-refractivity contribution in [2.75, 3.05) is 5.88 Å². The zero-order valence-corrected chi connectivity index (χ0v) is 10.7. The second-order valence-corrected chi connectivity index (χ2v) is 7.78. The molecule has 1 rings (SSSR count). The molecular weight excluding hydrogens is 277 g/mol. The normalized spacial score (nSPS) is 12.6. The van der Waals surface area contributed by atoms with Crippen molar-refractivity contribution in [1.29, 1.82) is 0 Å². The summed E-state index contributed by atoms with van der Waals surface area (Å²) >= 11 is 16.4. The fourth-order valence-electron chi connectivity index (χ4n) is 0.798. The van der Waals surface area contributed by atoms with E-state index < -0.39 is 5.85 Å². The van der Waals surface area contributed by atoms with Crippen molar-refractivity contribution in [3.8, 4) is 5.75 Å². The number of rotatable bonds is 4. The predicted octanol–water partition coefficient (Wildman–Crippen LogP) is 4.82. The lowest BCUT2D eigenvalue weighted by Crippen LogP contribution is -1.87. The molecular formula is C9H8Cl3O2P. The van der Waals surface area contributed by atoms with Crippen molar-refractivity contribution < 1.29 is 9.30 Å². The van der Waals surface area contributed by atoms with E-state index in [0.717, 1.165) is 0 Å². The maximum absolute atomic E-state index is 11.3. The Morgan fingerprint density at radius 1 is 1.33 bits per heavy atom. The highest BCUT2D eigenvalue weighted by atomic mass is 35.9. The molecule has 0 aliphatic rings. The Kier molecular flexibility index (Phi) is 5.01. The van der Waals surface area contributed by atoms with Crippen LogP contribution in [-0.2, 0) is 4.57 Å². The first-order valence-corrected chi connectivity index (χ1v) is 8.06. The Hall–Kier alpha value is -0.140. The molecule has 0 aliphatic carbocycles. The van der Waals surface area contributed by atoms with Gasteiger partial charge in [-0.3, -0.25) is 4.57 Å². The van der Waals surface area contributed by atoms with Crippen LogP contribution in [0.5, 0.6) is 5.75 Å². The topological polar surface area (TPSA) is 26.3 Å². The molecule has 0 aliphatic heterocycles. The monoisotopic (exact) mass is 284 g/mol. The first kappa shape index (κ1) is 12.9. The fourth-order valence-corrected chi connectivity index (χ4v) is 2.64. The highest BCUT2D eigenvalue weighted by Crippen LogP contribution is 2.63. The Morgan fingerprint density at radius 3 is 2.40 bits per heavy atom. The molecule has 15 heavy (non-hydrogen) atoms. The Bertz CT molecular complexity index is 386. The van der Waals surface area contributed by atoms with Gasteiger partial charge in [-0.05, 0) is 34.6 Å². The van der Waals surface area contributed by atoms with Crippen LogP contribution < -0.4 is 4.74 Å². The van der Waals surface area contributed by atoms with Crippen LogP contribution in [0.2, 0.25) is 0 Å². The van der Waals surface area contributed by atoms with Crippen molar-refractivity contribution in [1.82, 2.24) is 0 Å². The van der Waals surface area contributed by atoms with Crippen LogP contribution in [0.3, 0.4) is 0 Å². The van der Waals surface area contributed by atoms with Gasteiger partial charge in [-0.15, -0.1) is 11.6 Å². The zero-order valence-electron chi connectivity index (χ0n) is 7.57. The van der Waals surface area contributed by atoms with Crippen molar-refractivity contribution in [2.24, 2.45) is 0 Å². The smallest absolute Gasteiger partial charge is 0.282 e. The van der Waals surface area contributed by atoms with Crippen molar-refractivity contribution in [3.05, 3.63) is 41.9 Å². The van der Waals surface area contributed by atoms with E-state index in [2.05, 4.69) is 0 Å². The molecule has 82 valence electrons. The molecule has 1 aromatic carbocycles. The second-order valence-electron chi connectivity index (χ2n) is 2.64. The van der Waals surface area contributed by atoms with Gasteiger partial charge >= 0.3 is 0 Å². The fraction of sp³-hybridized carbons (Fsp3) is 0.111. The Morgan fingerprint density at radius 2 is 1.93 bits per heavy atom. The van der Waals surface area contributed by atoms with Gasteiger partial charge < -0.3 is 4.74 Å². The first-order valence-electron chi connectivity index (χ1n) is 4.00. The lowest BCUT2D eigenvalue weighted by atomic mass is 10.3. The third-order valence-corrected chi connectivity index (χ3v) is 4.25. The number of allylic oxidation sites excluding steroid dienone is 1. The molecule has 0 fully saturated rings. The number of benzene rings is 1. The van der Waals surface area contributed by atoms with Gasteiger partial charge in [-0.25, -0.2) is 0 Å². The molecule has 0 amide bonds. The summed E-state index contributed by atoms with van der Waals surface area (Å²) in [4.78, 5) is 0. The molecule has 1 aromatic rings. The van der Waals surface area contributed by atoms with E-state index in [-0.39, 0.29) is 11.2 Å². The van der Waals surface area contributed by atoms with Gasteiger partial charge in [0.05, 0.1) is 11.2 Å². The van der Waals surface area contributed by atoms with Gasteiger partial charge in [-0.2, -0.15) is 0 Å². The van der Waals surface area contributed by atoms with E-state index in [1.54, 1.807) is 12.1 Å². The van der Waals surface area contributed by atoms with E-state index in [1.165, 1.54) is 6.26 Å². The molecule has 0 saturated carbocycles. The number of hydrogen-bond acceptors (Lipinski definition) is 2. The molecule has 0 radical (unpaired) electrons. The summed E-state index contributed by atoms with van der Waals surface area (Å²) in [5.41, 5.74) is 0. The first-order chi connectivity index (χ1) is 7.04. The number of ether oxygens (including phenoxy) is 1. The second kappa shape index (κ2) is 5.81. The summed E-state index contributed by atoms with van der Waals surface area (Å²) in [7, 11) is 0. The molecule has 0 atom stereocenters. The maximum atomic E-state index is 11.3. The molecule has 0 heterocycles. The van der Waals surface area contributed by atoms with Crippen LogP contribution in [-0.4, -0.2) is 5.88 Å². The lowest BCUT2D eigenvalue weighted by molar-refractivity contribution is 0.478. The molecule has 0 saturated heterocycles. The van der Waals surface area contributed by atoms with Crippen LogP contribution in [0.1, 0.15) is 0 Å². The Balaban J connectivity index is 2.76. The highest BCUT2D eigenvalue weighted by molar-refractivity contribution is 8.11. The van der Waals surface area contributed by atoms with Gasteiger partial charge in [-0.1, -0.05) is 18.2 Å². The minimum absolute atomic E-state index is 0.0306. The minimum Gasteiger partial charge on any atom is -0.464 e. The molecule has 2 nitrogen and oxygen atoms in total. The van der Waals surface area contributed by atoms with E-state index in [9.17, 15) is 4.57 Å². The van der Waals surface area contributed by atoms with Gasteiger partial charge in [0.2, 0.25) is 0 Å². The van der Waals surface area contributed by atoms with Gasteiger partial charge in [0.25, 0.3) is 5.85 Å². The number of para-hydroxylation sites is 1. The Labute approximate surface area is 103 Å². The maximum Gasteiger partial charge on any atom is 0.282 e. The van der Waals surface area contributed by atoms with Crippen LogP contribution in [0.15, 0.2) is 41.9 Å². The molecule has 0 N–H and O–H groups in total. The van der Waals surface area contributed by atoms with Crippen LogP contribution >= 0.6 is 39.9 Å². The summed E-state index contributed by atoms with van der Waals surface area (Å²) < 4.78 is 16.5. The largest absolute Gasteiger partial charge is 0.464 e. The third-order valence-electron chi connectivity index (χ3n) is 1.55. The minimum atomic E-state index is -3.36. The van der Waals surface area contributed by atoms with Gasteiger partial charge in [0.15, 0.2) is 0 Å². The summed E-state index contributed by atoms with van der Waals surface area (Å²) in [5, 5.41) is 0.177. The molecule has 0 bridgehead atoms. The molecule has 6 heteroatoms. The van der Waals surface area contributed by atoms with Crippen molar-refractivity contribution in [2.45, 2.75) is 0 Å². The van der Waals surface area contributed by atoms with E-state index in [0.29, 0.717) is 5.75 Å². The van der Waals surface area contributed by atoms with Crippen molar-refractivity contribution in [3.63, 3.8) is 0 Å². The van der Waals surface area contributed by atoms with E-state index in [1.807, 2.05) is 18.2 Å². The van der Waals surface area contributed by atoms with Crippen LogP contribution in [0.25, 0.3) is 0 Å². The lowest BCUT2D eigenvalue weighted by Gasteiger charge is -2.05. The standard InChI is InChI=1S/C9H8Cl3O2P/c10-6-9(15(11,12)13)7-14-8-4-2-1-3-5-8/h1-5,7H,6H2/b9-7+. The van der Waals surface area contributed by atoms with E-state index in [4.69, 9.17) is 38.8 Å². The molecule has 0 spiro atoms. The number of halogens is 3. The summed E-state index contributed by atoms with van der Waals surface area (Å²) in [6.45, 7) is 0. The highest BCUT2D eigenvalue weighted by Gasteiger charge is 2.20. The zero-order chi connectivity index (χ0) is 11.3. The quantitative estimate of drug-likeness (QED) is 0.450. The summed E-state index contributed by atoms with van der Waals surface area (Å²) in [6.07, 6.45) is 1.23. The van der Waals surface area contributed by atoms with E-state index >= 15 is 0 Å². The predicted molar refractivity (Wildman–Crippen MR) is 65.2 cm³/mol. The SMILES string of the molecule is O=P(Cl)(Cl)/C(=C/Oc1ccccc1)CCl. The third kappa shape index (κ3) is 4.48. The summed E-state index contributed by atoms with van der Waals surface area (Å²) in [6, 6.07) is 8.97. The molecule has 0 unspecified atom stereocenters. The van der Waals surface area contributed by atoms with Crippen molar-refractivity contribution >= 4 is 39.9 Å². The molecule has 0 aromatic heterocycles. The number of hydrogen-bond donors (Lipinski definition) is 0. The average molecular weight is 285 g/mol. The summed E-state index contributed by atoms with van der Waals surface area (Å²) in [5.74, 6) is -2.80. The average Bonchev–Trinajstić information content (AvgIpc) is 2.18. The van der Waals surface area contributed by atoms with Crippen LogP contribution in [0, 0.1) is 0 Å².